The molecule has 2 rings (SSSR count). The first-order valence-corrected chi connectivity index (χ1v) is 12.2. The van der Waals surface area contributed by atoms with Crippen molar-refractivity contribution >= 4 is 21.6 Å². The fourth-order valence-electron chi connectivity index (χ4n) is 3.47. The van der Waals surface area contributed by atoms with Crippen LogP contribution in [0, 0.1) is 11.7 Å². The Bertz CT molecular complexity index is 959. The average molecular weight is 487 g/mol. The van der Waals surface area contributed by atoms with Crippen LogP contribution in [0.25, 0.3) is 0 Å². The second-order valence-electron chi connectivity index (χ2n) is 8.04. The molecule has 0 aliphatic heterocycles. The second-order valence-corrected chi connectivity index (χ2v) is 10.5. The standard InChI is InChI=1S/C23H32ClFN2O4S/c1-17(13-27(18(2)16-28)14-19-7-5-6-8-22(19)24)23(31-4)15-26(3)32(29,30)21-11-9-20(25)10-12-21/h5-12,17-18,23,28H,13-16H2,1-4H3/t17-,18-,23+/m0/s1. The lowest BCUT2D eigenvalue weighted by molar-refractivity contribution is 0.0194. The zero-order valence-corrected chi connectivity index (χ0v) is 20.5. The summed E-state index contributed by atoms with van der Waals surface area (Å²) in [5, 5.41) is 10.4. The Morgan fingerprint density at radius 1 is 1.09 bits per heavy atom. The van der Waals surface area contributed by atoms with Crippen LogP contribution in [0.1, 0.15) is 19.4 Å². The molecule has 178 valence electrons. The topological polar surface area (TPSA) is 70.1 Å². The van der Waals surface area contributed by atoms with Crippen LogP contribution in [0.3, 0.4) is 0 Å². The third-order valence-corrected chi connectivity index (χ3v) is 7.84. The number of methoxy groups -OCH3 is 1. The lowest BCUT2D eigenvalue weighted by Gasteiger charge is -2.34. The van der Waals surface area contributed by atoms with Crippen molar-refractivity contribution in [1.82, 2.24) is 9.21 Å². The van der Waals surface area contributed by atoms with E-state index in [-0.39, 0.29) is 30.0 Å². The maximum absolute atomic E-state index is 13.2. The molecule has 0 fully saturated rings. The number of rotatable bonds is 12. The van der Waals surface area contributed by atoms with Gasteiger partial charge in [-0.1, -0.05) is 36.7 Å². The molecular formula is C23H32ClFN2O4S. The highest BCUT2D eigenvalue weighted by Gasteiger charge is 2.28. The fourth-order valence-corrected chi connectivity index (χ4v) is 4.85. The molecule has 6 nitrogen and oxygen atoms in total. The monoisotopic (exact) mass is 486 g/mol. The van der Waals surface area contributed by atoms with Gasteiger partial charge < -0.3 is 9.84 Å². The first-order valence-electron chi connectivity index (χ1n) is 10.4. The third-order valence-electron chi connectivity index (χ3n) is 5.64. The molecule has 0 aliphatic rings. The van der Waals surface area contributed by atoms with Gasteiger partial charge in [0.15, 0.2) is 0 Å². The van der Waals surface area contributed by atoms with Crippen LogP contribution in [0.15, 0.2) is 53.4 Å². The van der Waals surface area contributed by atoms with Crippen molar-refractivity contribution in [3.63, 3.8) is 0 Å². The molecular weight excluding hydrogens is 455 g/mol. The molecule has 3 atom stereocenters. The number of benzene rings is 2. The van der Waals surface area contributed by atoms with Crippen LogP contribution in [-0.4, -0.2) is 68.7 Å². The fraction of sp³-hybridized carbons (Fsp3) is 0.478. The highest BCUT2D eigenvalue weighted by atomic mass is 35.5. The van der Waals surface area contributed by atoms with E-state index in [4.69, 9.17) is 16.3 Å². The van der Waals surface area contributed by atoms with E-state index in [1.54, 1.807) is 7.11 Å². The van der Waals surface area contributed by atoms with Gasteiger partial charge in [-0.25, -0.2) is 12.8 Å². The van der Waals surface area contributed by atoms with Crippen LogP contribution in [0.5, 0.6) is 0 Å². The van der Waals surface area contributed by atoms with Crippen LogP contribution in [0.2, 0.25) is 5.02 Å². The van der Waals surface area contributed by atoms with E-state index >= 15 is 0 Å². The quantitative estimate of drug-likeness (QED) is 0.496. The van der Waals surface area contributed by atoms with Crippen LogP contribution in [0.4, 0.5) is 4.39 Å². The van der Waals surface area contributed by atoms with Crippen molar-refractivity contribution < 1.29 is 22.7 Å². The lowest BCUT2D eigenvalue weighted by Crippen LogP contribution is -2.44. The molecule has 2 aromatic rings. The number of hydrogen-bond acceptors (Lipinski definition) is 5. The maximum Gasteiger partial charge on any atom is 0.242 e. The number of hydrogen-bond donors (Lipinski definition) is 1. The third kappa shape index (κ3) is 6.97. The molecule has 0 heterocycles. The van der Waals surface area contributed by atoms with Crippen molar-refractivity contribution in [1.29, 1.82) is 0 Å². The molecule has 1 N–H and O–H groups in total. The summed E-state index contributed by atoms with van der Waals surface area (Å²) < 4.78 is 45.8. The molecule has 0 saturated carbocycles. The molecule has 9 heteroatoms. The first-order chi connectivity index (χ1) is 15.1. The Kier molecular flexibility index (Phi) is 10.1. The minimum Gasteiger partial charge on any atom is -0.395 e. The Morgan fingerprint density at radius 3 is 2.28 bits per heavy atom. The van der Waals surface area contributed by atoms with Crippen molar-refractivity contribution in [2.24, 2.45) is 5.92 Å². The SMILES string of the molecule is CO[C@H](CN(C)S(=O)(=O)c1ccc(F)cc1)[C@@H](C)CN(Cc1ccccc1Cl)[C@@H](C)CO. The second kappa shape index (κ2) is 12.1. The lowest BCUT2D eigenvalue weighted by atomic mass is 10.0. The van der Waals surface area contributed by atoms with E-state index in [0.717, 1.165) is 17.7 Å². The zero-order valence-electron chi connectivity index (χ0n) is 18.9. The van der Waals surface area contributed by atoms with Crippen LogP contribution < -0.4 is 0 Å². The molecule has 0 aliphatic carbocycles. The molecule has 0 radical (unpaired) electrons. The highest BCUT2D eigenvalue weighted by molar-refractivity contribution is 7.89. The largest absolute Gasteiger partial charge is 0.395 e. The van der Waals surface area contributed by atoms with Gasteiger partial charge in [-0.2, -0.15) is 4.31 Å². The van der Waals surface area contributed by atoms with Crippen molar-refractivity contribution in [2.75, 3.05) is 33.9 Å². The number of likely N-dealkylation sites (N-methyl/N-ethyl adjacent to an activating group) is 1. The summed E-state index contributed by atoms with van der Waals surface area (Å²) in [7, 11) is -0.752. The molecule has 0 saturated heterocycles. The molecule has 0 aromatic heterocycles. The molecule has 2 aromatic carbocycles. The molecule has 0 unspecified atom stereocenters. The Labute approximate surface area is 195 Å². The van der Waals surface area contributed by atoms with Gasteiger partial charge in [0.05, 0.1) is 17.6 Å². The summed E-state index contributed by atoms with van der Waals surface area (Å²) in [6, 6.07) is 12.2. The molecule has 0 spiro atoms. The minimum atomic E-state index is -3.78. The van der Waals surface area contributed by atoms with Crippen molar-refractivity contribution in [2.45, 2.75) is 37.4 Å². The number of aliphatic hydroxyl groups is 1. The zero-order chi connectivity index (χ0) is 23.9. The van der Waals surface area contributed by atoms with Gasteiger partial charge in [0.25, 0.3) is 0 Å². The molecule has 0 amide bonds. The summed E-state index contributed by atoms with van der Waals surface area (Å²) in [4.78, 5) is 2.13. The Morgan fingerprint density at radius 2 is 1.72 bits per heavy atom. The number of ether oxygens (including phenoxy) is 1. The van der Waals surface area contributed by atoms with Gasteiger partial charge in [0, 0.05) is 44.9 Å². The van der Waals surface area contributed by atoms with E-state index in [1.807, 2.05) is 38.1 Å². The summed E-state index contributed by atoms with van der Waals surface area (Å²) in [6.07, 6.45) is -0.394. The smallest absolute Gasteiger partial charge is 0.242 e. The van der Waals surface area contributed by atoms with Crippen molar-refractivity contribution in [3.8, 4) is 0 Å². The Hall–Kier alpha value is -1.55. The predicted octanol–water partition coefficient (Wildman–Crippen LogP) is 3.63. The van der Waals surface area contributed by atoms with Gasteiger partial charge in [-0.15, -0.1) is 0 Å². The predicted molar refractivity (Wildman–Crippen MR) is 125 cm³/mol. The van der Waals surface area contributed by atoms with Gasteiger partial charge >= 0.3 is 0 Å². The van der Waals surface area contributed by atoms with Crippen LogP contribution in [-0.2, 0) is 21.3 Å². The van der Waals surface area contributed by atoms with E-state index < -0.39 is 21.9 Å². The average Bonchev–Trinajstić information content (AvgIpc) is 2.77. The van der Waals surface area contributed by atoms with Gasteiger partial charge in [0.2, 0.25) is 10.0 Å². The summed E-state index contributed by atoms with van der Waals surface area (Å²) in [5.74, 6) is -0.547. The first kappa shape index (κ1) is 26.7. The summed E-state index contributed by atoms with van der Waals surface area (Å²) in [5.41, 5.74) is 0.951. The minimum absolute atomic E-state index is 0.0202. The number of nitrogens with zero attached hydrogens (tertiary/aromatic N) is 2. The van der Waals surface area contributed by atoms with Gasteiger partial charge in [-0.05, 0) is 48.7 Å². The number of aliphatic hydroxyl groups excluding tert-OH is 1. The van der Waals surface area contributed by atoms with Gasteiger partial charge in [0.1, 0.15) is 5.82 Å². The number of sulfonamides is 1. The van der Waals surface area contributed by atoms with E-state index in [9.17, 15) is 17.9 Å². The Balaban J connectivity index is 2.12. The normalized spacial score (nSPS) is 15.2. The number of halogens is 2. The van der Waals surface area contributed by atoms with Gasteiger partial charge in [-0.3, -0.25) is 4.90 Å². The summed E-state index contributed by atoms with van der Waals surface area (Å²) >= 11 is 6.32. The highest BCUT2D eigenvalue weighted by Crippen LogP contribution is 2.22. The molecule has 32 heavy (non-hydrogen) atoms. The van der Waals surface area contributed by atoms with Crippen LogP contribution >= 0.6 is 11.6 Å². The van der Waals surface area contributed by atoms with Crippen molar-refractivity contribution in [3.05, 3.63) is 64.9 Å². The van der Waals surface area contributed by atoms with E-state index in [1.165, 1.54) is 23.5 Å². The summed E-state index contributed by atoms with van der Waals surface area (Å²) in [6.45, 7) is 5.13. The van der Waals surface area contributed by atoms with E-state index in [2.05, 4.69) is 4.90 Å². The maximum atomic E-state index is 13.2. The molecule has 0 bridgehead atoms. The van der Waals surface area contributed by atoms with E-state index in [0.29, 0.717) is 18.1 Å².